The summed E-state index contributed by atoms with van der Waals surface area (Å²) in [6, 6.07) is 26.2. The predicted octanol–water partition coefficient (Wildman–Crippen LogP) is 5.95. The van der Waals surface area contributed by atoms with Gasteiger partial charge in [0.15, 0.2) is 0 Å². The van der Waals surface area contributed by atoms with Gasteiger partial charge in [0.2, 0.25) is 0 Å². The van der Waals surface area contributed by atoms with Crippen molar-refractivity contribution in [2.45, 2.75) is 0 Å². The van der Waals surface area contributed by atoms with Gasteiger partial charge >= 0.3 is 0 Å². The molecule has 2 heterocycles. The van der Waals surface area contributed by atoms with Crippen molar-refractivity contribution in [2.24, 2.45) is 0 Å². The summed E-state index contributed by atoms with van der Waals surface area (Å²) in [5.74, 6) is 0. The minimum atomic E-state index is 1.02. The van der Waals surface area contributed by atoms with Crippen LogP contribution in [0.4, 0.5) is 0 Å². The number of aromatic nitrogens is 2. The van der Waals surface area contributed by atoms with Crippen molar-refractivity contribution >= 4 is 48.9 Å². The molecule has 2 aromatic heterocycles. The zero-order chi connectivity index (χ0) is 16.4. The van der Waals surface area contributed by atoms with Crippen molar-refractivity contribution in [1.82, 2.24) is 9.38 Å². The molecular weight excluding hydrogens is 304 g/mol. The lowest BCUT2D eigenvalue weighted by atomic mass is 9.99. The average molecular weight is 318 g/mol. The molecule has 6 aromatic rings. The molecule has 2 nitrogen and oxygen atoms in total. The lowest BCUT2D eigenvalue weighted by Crippen LogP contribution is -1.91. The Morgan fingerprint density at radius 2 is 1.28 bits per heavy atom. The highest BCUT2D eigenvalue weighted by molar-refractivity contribution is 6.16. The van der Waals surface area contributed by atoms with Crippen LogP contribution >= 0.6 is 0 Å². The molecule has 0 aliphatic rings. The van der Waals surface area contributed by atoms with Gasteiger partial charge in [0, 0.05) is 23.2 Å². The fourth-order valence-corrected chi connectivity index (χ4v) is 4.01. The van der Waals surface area contributed by atoms with Gasteiger partial charge in [0.1, 0.15) is 5.65 Å². The Hall–Kier alpha value is -3.39. The second kappa shape index (κ2) is 4.58. The third kappa shape index (κ3) is 1.71. The second-order valence-electron chi connectivity index (χ2n) is 6.58. The first-order chi connectivity index (χ1) is 12.4. The highest BCUT2D eigenvalue weighted by atomic mass is 15.0. The zero-order valence-corrected chi connectivity index (χ0v) is 13.5. The molecule has 4 aromatic carbocycles. The van der Waals surface area contributed by atoms with Crippen LogP contribution in [-0.4, -0.2) is 9.38 Å². The molecule has 0 amide bonds. The number of fused-ring (bicyclic) bond motifs is 8. The number of hydrogen-bond donors (Lipinski definition) is 0. The Balaban J connectivity index is 1.91. The quantitative estimate of drug-likeness (QED) is 0.250. The van der Waals surface area contributed by atoms with E-state index in [0.717, 1.165) is 5.65 Å². The van der Waals surface area contributed by atoms with Crippen LogP contribution in [0.1, 0.15) is 0 Å². The van der Waals surface area contributed by atoms with Gasteiger partial charge in [0.05, 0.1) is 5.52 Å². The minimum Gasteiger partial charge on any atom is -0.299 e. The summed E-state index contributed by atoms with van der Waals surface area (Å²) in [6.45, 7) is 0. The smallest absolute Gasteiger partial charge is 0.145 e. The molecule has 0 saturated carbocycles. The van der Waals surface area contributed by atoms with Gasteiger partial charge in [-0.05, 0) is 51.2 Å². The molecule has 0 N–H and O–H groups in total. The number of benzene rings is 4. The summed E-state index contributed by atoms with van der Waals surface area (Å²) < 4.78 is 2.20. The summed E-state index contributed by atoms with van der Waals surface area (Å²) >= 11 is 0. The molecule has 0 bridgehead atoms. The molecule has 0 spiro atoms. The number of hydrogen-bond acceptors (Lipinski definition) is 1. The van der Waals surface area contributed by atoms with Gasteiger partial charge < -0.3 is 0 Å². The largest absolute Gasteiger partial charge is 0.299 e. The van der Waals surface area contributed by atoms with Crippen LogP contribution in [0.25, 0.3) is 48.9 Å². The van der Waals surface area contributed by atoms with Crippen molar-refractivity contribution in [1.29, 1.82) is 0 Å². The zero-order valence-electron chi connectivity index (χ0n) is 13.5. The van der Waals surface area contributed by atoms with Crippen molar-refractivity contribution in [3.05, 3.63) is 85.2 Å². The lowest BCUT2D eigenvalue weighted by Gasteiger charge is -2.10. The molecule has 0 fully saturated rings. The standard InChI is InChI=1S/C23H14N2/c1-2-6-16-12-18-14-22-21(13-17(18)11-15(16)5-1)19-7-3-4-8-20(19)23-24-9-10-25(22)23/h1-14H. The highest BCUT2D eigenvalue weighted by Crippen LogP contribution is 2.33. The fraction of sp³-hybridized carbons (Fsp3) is 0. The van der Waals surface area contributed by atoms with E-state index in [2.05, 4.69) is 88.4 Å². The number of rotatable bonds is 0. The molecule has 0 aliphatic carbocycles. The molecule has 0 atom stereocenters. The first-order valence-corrected chi connectivity index (χ1v) is 8.48. The summed E-state index contributed by atoms with van der Waals surface area (Å²) in [4.78, 5) is 4.59. The van der Waals surface area contributed by atoms with E-state index < -0.39 is 0 Å². The molecule has 0 unspecified atom stereocenters. The maximum atomic E-state index is 4.59. The predicted molar refractivity (Wildman–Crippen MR) is 105 cm³/mol. The second-order valence-corrected chi connectivity index (χ2v) is 6.58. The van der Waals surface area contributed by atoms with Crippen LogP contribution < -0.4 is 0 Å². The van der Waals surface area contributed by atoms with E-state index in [1.807, 2.05) is 6.20 Å². The first kappa shape index (κ1) is 13.0. The Morgan fingerprint density at radius 3 is 2.08 bits per heavy atom. The summed E-state index contributed by atoms with van der Waals surface area (Å²) in [5, 5.41) is 8.81. The van der Waals surface area contributed by atoms with Gasteiger partial charge in [-0.15, -0.1) is 0 Å². The molecular formula is C23H14N2. The van der Waals surface area contributed by atoms with E-state index in [9.17, 15) is 0 Å². The van der Waals surface area contributed by atoms with Crippen LogP contribution in [0.3, 0.4) is 0 Å². The number of imidazole rings is 1. The SMILES string of the molecule is c1ccc2cc3cc4c(cc3cc2c1)c1ccccc1c1nccn41. The van der Waals surface area contributed by atoms with Crippen LogP contribution in [-0.2, 0) is 0 Å². The van der Waals surface area contributed by atoms with E-state index in [0.29, 0.717) is 0 Å². The number of nitrogens with zero attached hydrogens (tertiary/aromatic N) is 2. The van der Waals surface area contributed by atoms with Gasteiger partial charge in [-0.2, -0.15) is 0 Å². The van der Waals surface area contributed by atoms with Crippen LogP contribution in [0.15, 0.2) is 85.2 Å². The molecule has 0 aliphatic heterocycles. The highest BCUT2D eigenvalue weighted by Gasteiger charge is 2.10. The van der Waals surface area contributed by atoms with Crippen LogP contribution in [0.5, 0.6) is 0 Å². The van der Waals surface area contributed by atoms with Gasteiger partial charge in [-0.1, -0.05) is 48.5 Å². The van der Waals surface area contributed by atoms with Crippen molar-refractivity contribution in [2.75, 3.05) is 0 Å². The van der Waals surface area contributed by atoms with E-state index in [1.165, 1.54) is 43.2 Å². The van der Waals surface area contributed by atoms with Crippen molar-refractivity contribution in [3.63, 3.8) is 0 Å². The molecule has 0 radical (unpaired) electrons. The van der Waals surface area contributed by atoms with Crippen molar-refractivity contribution in [3.8, 4) is 0 Å². The van der Waals surface area contributed by atoms with E-state index in [4.69, 9.17) is 0 Å². The Labute approximate surface area is 143 Å². The lowest BCUT2D eigenvalue weighted by molar-refractivity contribution is 1.27. The van der Waals surface area contributed by atoms with Crippen LogP contribution in [0.2, 0.25) is 0 Å². The van der Waals surface area contributed by atoms with E-state index in [1.54, 1.807) is 0 Å². The third-order valence-corrected chi connectivity index (χ3v) is 5.18. The molecule has 2 heteroatoms. The average Bonchev–Trinajstić information content (AvgIpc) is 3.15. The maximum absolute atomic E-state index is 4.59. The van der Waals surface area contributed by atoms with Gasteiger partial charge in [0.25, 0.3) is 0 Å². The molecule has 25 heavy (non-hydrogen) atoms. The summed E-state index contributed by atoms with van der Waals surface area (Å²) in [6.07, 6.45) is 3.93. The summed E-state index contributed by atoms with van der Waals surface area (Å²) in [5.41, 5.74) is 2.22. The Morgan fingerprint density at radius 1 is 0.600 bits per heavy atom. The maximum Gasteiger partial charge on any atom is 0.145 e. The molecule has 6 rings (SSSR count). The molecule has 116 valence electrons. The summed E-state index contributed by atoms with van der Waals surface area (Å²) in [7, 11) is 0. The van der Waals surface area contributed by atoms with Gasteiger partial charge in [-0.25, -0.2) is 4.98 Å². The molecule has 0 saturated heterocycles. The third-order valence-electron chi connectivity index (χ3n) is 5.18. The number of pyridine rings is 1. The topological polar surface area (TPSA) is 17.3 Å². The van der Waals surface area contributed by atoms with Crippen molar-refractivity contribution < 1.29 is 0 Å². The Bertz CT molecular complexity index is 1440. The van der Waals surface area contributed by atoms with E-state index >= 15 is 0 Å². The fourth-order valence-electron chi connectivity index (χ4n) is 4.01. The van der Waals surface area contributed by atoms with E-state index in [-0.39, 0.29) is 0 Å². The normalized spacial score (nSPS) is 12.0. The Kier molecular flexibility index (Phi) is 2.37. The minimum absolute atomic E-state index is 1.02. The monoisotopic (exact) mass is 318 g/mol. The van der Waals surface area contributed by atoms with Gasteiger partial charge in [-0.3, -0.25) is 4.40 Å². The van der Waals surface area contributed by atoms with Crippen LogP contribution in [0, 0.1) is 0 Å². The first-order valence-electron chi connectivity index (χ1n) is 8.48.